The molecule has 0 radical (unpaired) electrons. The molecule has 0 aromatic heterocycles. The highest BCUT2D eigenvalue weighted by Crippen LogP contribution is 2.43. The van der Waals surface area contributed by atoms with Crippen LogP contribution in [-0.4, -0.2) is 70.1 Å². The minimum Gasteiger partial charge on any atom is -0.466 e. The van der Waals surface area contributed by atoms with Crippen molar-refractivity contribution in [3.63, 3.8) is 0 Å². The van der Waals surface area contributed by atoms with Crippen molar-refractivity contribution in [1.29, 1.82) is 0 Å². The van der Waals surface area contributed by atoms with Gasteiger partial charge in [0.05, 0.1) is 62.9 Å². The fourth-order valence-electron chi connectivity index (χ4n) is 4.85. The van der Waals surface area contributed by atoms with Crippen LogP contribution in [0, 0.1) is 29.1 Å². The molecule has 0 spiro atoms. The quantitative estimate of drug-likeness (QED) is 0.0683. The molecule has 13 heteroatoms. The number of rotatable bonds is 16. The Morgan fingerprint density at radius 1 is 0.911 bits per heavy atom. The second kappa shape index (κ2) is 16.8. The third-order valence-corrected chi connectivity index (χ3v) is 6.88. The number of benzene rings is 2. The third-order valence-electron chi connectivity index (χ3n) is 6.88. The SMILES string of the molecule is C=CCN(CCOCCOCC1=C(C(=O)OCC)[C@H](c2c(F)c(F)c(F)c(F)c2F)C(C(=O)OC)=C(C)N1)Cc1ccccc1. The fraction of sp³-hybridized carbons (Fsp3) is 0.375. The number of ether oxygens (including phenoxy) is 4. The first-order valence-corrected chi connectivity index (χ1v) is 14.1. The van der Waals surface area contributed by atoms with E-state index < -0.39 is 63.7 Å². The number of carbonyl (C=O) groups is 2. The van der Waals surface area contributed by atoms with E-state index in [2.05, 4.69) is 16.8 Å². The second-order valence-electron chi connectivity index (χ2n) is 9.86. The van der Waals surface area contributed by atoms with Gasteiger partial charge in [0.15, 0.2) is 23.3 Å². The summed E-state index contributed by atoms with van der Waals surface area (Å²) in [4.78, 5) is 28.0. The molecule has 0 saturated heterocycles. The molecular formula is C32H35F5N2O6. The van der Waals surface area contributed by atoms with Crippen LogP contribution in [0.25, 0.3) is 0 Å². The van der Waals surface area contributed by atoms with E-state index in [-0.39, 0.29) is 37.8 Å². The van der Waals surface area contributed by atoms with Crippen molar-refractivity contribution in [3.05, 3.63) is 106 Å². The van der Waals surface area contributed by atoms with Gasteiger partial charge in [-0.3, -0.25) is 4.90 Å². The summed E-state index contributed by atoms with van der Waals surface area (Å²) in [6.07, 6.45) is 1.79. The molecule has 1 atom stereocenters. The van der Waals surface area contributed by atoms with Gasteiger partial charge in [0, 0.05) is 30.9 Å². The summed E-state index contributed by atoms with van der Waals surface area (Å²) in [5.41, 5.74) is -1.55. The van der Waals surface area contributed by atoms with Crippen molar-refractivity contribution in [2.75, 3.05) is 53.2 Å². The molecule has 2 aromatic carbocycles. The highest BCUT2D eigenvalue weighted by molar-refractivity contribution is 6.00. The second-order valence-corrected chi connectivity index (χ2v) is 9.86. The maximum atomic E-state index is 15.1. The Hall–Kier alpha value is -4.07. The number of dihydropyridines is 1. The molecule has 0 amide bonds. The highest BCUT2D eigenvalue weighted by atomic mass is 19.2. The molecule has 0 fully saturated rings. The number of halogens is 5. The molecule has 244 valence electrons. The maximum Gasteiger partial charge on any atom is 0.336 e. The standard InChI is InChI=1S/C32H35F5N2O6/c1-5-12-39(17-20-10-8-7-9-11-20)13-14-43-15-16-44-18-21-23(32(41)45-6-2)24(22(19(3)38-21)31(40)42-4)25-26(33)28(35)30(37)29(36)27(25)34/h5,7-11,24,38H,1,6,12-18H2,2-4H3/t24-/m1/s1. The summed E-state index contributed by atoms with van der Waals surface area (Å²) in [6, 6.07) is 9.89. The van der Waals surface area contributed by atoms with Gasteiger partial charge in [-0.25, -0.2) is 31.5 Å². The lowest BCUT2D eigenvalue weighted by molar-refractivity contribution is -0.139. The topological polar surface area (TPSA) is 86.3 Å². The number of carbonyl (C=O) groups excluding carboxylic acids is 2. The Kier molecular flexibility index (Phi) is 13.3. The average molecular weight is 639 g/mol. The van der Waals surface area contributed by atoms with Gasteiger partial charge in [-0.15, -0.1) is 6.58 Å². The van der Waals surface area contributed by atoms with Gasteiger partial charge < -0.3 is 24.3 Å². The predicted molar refractivity (Wildman–Crippen MR) is 154 cm³/mol. The summed E-state index contributed by atoms with van der Waals surface area (Å²) in [6.45, 7) is 8.45. The van der Waals surface area contributed by atoms with Gasteiger partial charge in [0.2, 0.25) is 5.82 Å². The number of hydrogen-bond acceptors (Lipinski definition) is 8. The first-order chi connectivity index (χ1) is 21.6. The third kappa shape index (κ3) is 8.56. The van der Waals surface area contributed by atoms with Crippen LogP contribution in [0.1, 0.15) is 30.9 Å². The molecule has 0 aliphatic carbocycles. The Bertz CT molecular complexity index is 1420. The van der Waals surface area contributed by atoms with Crippen LogP contribution in [0.15, 0.2) is 65.5 Å². The first-order valence-electron chi connectivity index (χ1n) is 14.1. The van der Waals surface area contributed by atoms with Crippen LogP contribution in [0.4, 0.5) is 22.0 Å². The monoisotopic (exact) mass is 638 g/mol. The number of allylic oxidation sites excluding steroid dienone is 1. The summed E-state index contributed by atoms with van der Waals surface area (Å²) in [5, 5.41) is 2.77. The van der Waals surface area contributed by atoms with E-state index >= 15 is 8.78 Å². The largest absolute Gasteiger partial charge is 0.466 e. The van der Waals surface area contributed by atoms with Gasteiger partial charge in [0.1, 0.15) is 0 Å². The minimum atomic E-state index is -2.39. The lowest BCUT2D eigenvalue weighted by Crippen LogP contribution is -2.36. The molecule has 0 unspecified atom stereocenters. The normalized spacial score (nSPS) is 14.9. The van der Waals surface area contributed by atoms with Crippen molar-refractivity contribution >= 4 is 11.9 Å². The van der Waals surface area contributed by atoms with Gasteiger partial charge in [-0.1, -0.05) is 36.4 Å². The van der Waals surface area contributed by atoms with E-state index in [9.17, 15) is 22.8 Å². The maximum absolute atomic E-state index is 15.1. The summed E-state index contributed by atoms with van der Waals surface area (Å²) in [5.74, 6) is -15.7. The number of nitrogens with one attached hydrogen (secondary N) is 1. The van der Waals surface area contributed by atoms with Crippen LogP contribution in [0.2, 0.25) is 0 Å². The predicted octanol–water partition coefficient (Wildman–Crippen LogP) is 5.05. The average Bonchev–Trinajstić information content (AvgIpc) is 3.02. The molecule has 1 heterocycles. The molecule has 1 N–H and O–H groups in total. The number of nitrogens with zero attached hydrogens (tertiary/aromatic N) is 1. The van der Waals surface area contributed by atoms with E-state index in [4.69, 9.17) is 18.9 Å². The zero-order valence-corrected chi connectivity index (χ0v) is 25.2. The van der Waals surface area contributed by atoms with Crippen molar-refractivity contribution in [2.45, 2.75) is 26.3 Å². The molecule has 1 aliphatic rings. The number of hydrogen-bond donors (Lipinski definition) is 1. The lowest BCUT2D eigenvalue weighted by atomic mass is 9.79. The Balaban J connectivity index is 1.80. The molecule has 0 saturated carbocycles. The van der Waals surface area contributed by atoms with Crippen molar-refractivity contribution in [2.24, 2.45) is 0 Å². The molecule has 8 nitrogen and oxygen atoms in total. The van der Waals surface area contributed by atoms with Crippen LogP contribution in [0.5, 0.6) is 0 Å². The van der Waals surface area contributed by atoms with Crippen LogP contribution < -0.4 is 5.32 Å². The number of esters is 2. The molecule has 45 heavy (non-hydrogen) atoms. The van der Waals surface area contributed by atoms with E-state index in [0.29, 0.717) is 26.2 Å². The molecule has 2 aromatic rings. The van der Waals surface area contributed by atoms with E-state index in [1.807, 2.05) is 30.3 Å². The summed E-state index contributed by atoms with van der Waals surface area (Å²) in [7, 11) is 0.961. The smallest absolute Gasteiger partial charge is 0.336 e. The van der Waals surface area contributed by atoms with Crippen molar-refractivity contribution in [3.8, 4) is 0 Å². The van der Waals surface area contributed by atoms with Crippen LogP contribution in [0.3, 0.4) is 0 Å². The zero-order valence-electron chi connectivity index (χ0n) is 25.2. The first kappa shape index (κ1) is 35.4. The lowest BCUT2D eigenvalue weighted by Gasteiger charge is -2.31. The summed E-state index contributed by atoms with van der Waals surface area (Å²) >= 11 is 0. The van der Waals surface area contributed by atoms with Gasteiger partial charge >= 0.3 is 11.9 Å². The molecular weight excluding hydrogens is 603 g/mol. The van der Waals surface area contributed by atoms with Crippen LogP contribution >= 0.6 is 0 Å². The molecule has 0 bridgehead atoms. The Labute approximate surface area is 258 Å². The highest BCUT2D eigenvalue weighted by Gasteiger charge is 2.43. The Morgan fingerprint density at radius 2 is 1.53 bits per heavy atom. The van der Waals surface area contributed by atoms with Crippen LogP contribution in [-0.2, 0) is 35.1 Å². The van der Waals surface area contributed by atoms with E-state index in [0.717, 1.165) is 12.7 Å². The van der Waals surface area contributed by atoms with Crippen molar-refractivity contribution in [1.82, 2.24) is 10.2 Å². The van der Waals surface area contributed by atoms with Gasteiger partial charge in [0.25, 0.3) is 0 Å². The molecule has 3 rings (SSSR count). The van der Waals surface area contributed by atoms with E-state index in [1.54, 1.807) is 6.08 Å². The fourth-order valence-corrected chi connectivity index (χ4v) is 4.85. The molecule has 1 aliphatic heterocycles. The zero-order chi connectivity index (χ0) is 33.1. The minimum absolute atomic E-state index is 0.0151. The van der Waals surface area contributed by atoms with Gasteiger partial charge in [-0.2, -0.15) is 0 Å². The van der Waals surface area contributed by atoms with Crippen molar-refractivity contribution < 1.29 is 50.5 Å². The number of methoxy groups -OCH3 is 1. The summed E-state index contributed by atoms with van der Waals surface area (Å²) < 4.78 is 93.8. The van der Waals surface area contributed by atoms with Gasteiger partial charge in [-0.05, 0) is 19.4 Å². The van der Waals surface area contributed by atoms with E-state index in [1.165, 1.54) is 13.8 Å². The Morgan fingerprint density at radius 3 is 2.13 bits per heavy atom.